The molecule has 0 spiro atoms. The highest BCUT2D eigenvalue weighted by molar-refractivity contribution is 5.79. The summed E-state index contributed by atoms with van der Waals surface area (Å²) in [4.78, 5) is 16.8. The Morgan fingerprint density at radius 1 is 1.08 bits per heavy atom. The smallest absolute Gasteiger partial charge is 0.229 e. The molecule has 3 aliphatic carbocycles. The van der Waals surface area contributed by atoms with E-state index in [9.17, 15) is 4.79 Å². The number of carbonyl (C=O) groups excluding carboxylic acids is 1. The van der Waals surface area contributed by atoms with Crippen LogP contribution in [-0.2, 0) is 10.3 Å². The summed E-state index contributed by atoms with van der Waals surface area (Å²) in [5.41, 5.74) is 5.92. The fourth-order valence-electron chi connectivity index (χ4n) is 4.38. The molecular formula is C18H28N4O2. The minimum absolute atomic E-state index is 0.254. The number of nitrogens with zero attached hydrogens (tertiary/aromatic N) is 2. The Balaban J connectivity index is 1.29. The number of aromatic nitrogens is 2. The second-order valence-corrected chi connectivity index (χ2v) is 8.00. The van der Waals surface area contributed by atoms with Crippen LogP contribution in [0.25, 0.3) is 0 Å². The van der Waals surface area contributed by atoms with Crippen LogP contribution >= 0.6 is 0 Å². The van der Waals surface area contributed by atoms with E-state index in [-0.39, 0.29) is 17.4 Å². The van der Waals surface area contributed by atoms with Crippen molar-refractivity contribution >= 4 is 5.91 Å². The average Bonchev–Trinajstić information content (AvgIpc) is 3.25. The SMILES string of the molecule is NC1(c2noc(C3CCC(NC(=O)C4CCCC4)CC3)n2)CCC1. The van der Waals surface area contributed by atoms with Gasteiger partial charge in [0.2, 0.25) is 11.8 Å². The number of nitrogens with two attached hydrogens (primary N) is 1. The number of carbonyl (C=O) groups is 1. The molecule has 3 N–H and O–H groups in total. The molecule has 3 saturated carbocycles. The molecule has 1 amide bonds. The maximum Gasteiger partial charge on any atom is 0.229 e. The lowest BCUT2D eigenvalue weighted by Gasteiger charge is -2.34. The summed E-state index contributed by atoms with van der Waals surface area (Å²) < 4.78 is 5.50. The fraction of sp³-hybridized carbons (Fsp3) is 0.833. The standard InChI is InChI=1S/C18H28N4O2/c19-18(10-3-11-18)17-21-16(24-22-17)13-6-8-14(9-7-13)20-15(23)12-4-1-2-5-12/h12-14H,1-11,19H2,(H,20,23). The van der Waals surface area contributed by atoms with Crippen molar-refractivity contribution in [2.45, 2.75) is 88.1 Å². The monoisotopic (exact) mass is 332 g/mol. The highest BCUT2D eigenvalue weighted by Gasteiger charge is 2.40. The summed E-state index contributed by atoms with van der Waals surface area (Å²) in [5, 5.41) is 7.38. The van der Waals surface area contributed by atoms with Gasteiger partial charge in [0.25, 0.3) is 0 Å². The van der Waals surface area contributed by atoms with Gasteiger partial charge in [0.1, 0.15) is 0 Å². The quantitative estimate of drug-likeness (QED) is 0.884. The third kappa shape index (κ3) is 3.08. The molecule has 6 nitrogen and oxygen atoms in total. The average molecular weight is 332 g/mol. The number of hydrogen-bond donors (Lipinski definition) is 2. The molecule has 1 heterocycles. The van der Waals surface area contributed by atoms with Crippen molar-refractivity contribution in [3.05, 3.63) is 11.7 Å². The Bertz CT molecular complexity index is 582. The van der Waals surface area contributed by atoms with E-state index < -0.39 is 0 Å². The summed E-state index contributed by atoms with van der Waals surface area (Å²) in [6.07, 6.45) is 11.6. The first kappa shape index (κ1) is 16.1. The van der Waals surface area contributed by atoms with Crippen molar-refractivity contribution in [3.8, 4) is 0 Å². The van der Waals surface area contributed by atoms with Crippen molar-refractivity contribution in [1.29, 1.82) is 0 Å². The van der Waals surface area contributed by atoms with Crippen molar-refractivity contribution < 1.29 is 9.32 Å². The summed E-state index contributed by atoms with van der Waals surface area (Å²) >= 11 is 0. The zero-order chi connectivity index (χ0) is 16.6. The van der Waals surface area contributed by atoms with E-state index in [4.69, 9.17) is 10.3 Å². The molecule has 132 valence electrons. The summed E-state index contributed by atoms with van der Waals surface area (Å²) in [5.74, 6) is 2.26. The molecule has 0 radical (unpaired) electrons. The van der Waals surface area contributed by atoms with Crippen LogP contribution < -0.4 is 11.1 Å². The van der Waals surface area contributed by atoms with Crippen LogP contribution in [-0.4, -0.2) is 22.1 Å². The predicted molar refractivity (Wildman–Crippen MR) is 89.1 cm³/mol. The van der Waals surface area contributed by atoms with Gasteiger partial charge in [-0.3, -0.25) is 4.79 Å². The van der Waals surface area contributed by atoms with E-state index in [0.717, 1.165) is 63.7 Å². The maximum atomic E-state index is 12.3. The zero-order valence-corrected chi connectivity index (χ0v) is 14.3. The molecule has 0 aromatic carbocycles. The molecule has 1 aromatic rings. The number of amides is 1. The molecule has 0 aliphatic heterocycles. The van der Waals surface area contributed by atoms with Crippen LogP contribution in [0, 0.1) is 5.92 Å². The van der Waals surface area contributed by atoms with Crippen molar-refractivity contribution in [1.82, 2.24) is 15.5 Å². The maximum absolute atomic E-state index is 12.3. The summed E-state index contributed by atoms with van der Waals surface area (Å²) in [7, 11) is 0. The van der Waals surface area contributed by atoms with E-state index in [1.54, 1.807) is 0 Å². The van der Waals surface area contributed by atoms with Gasteiger partial charge in [-0.15, -0.1) is 0 Å². The topological polar surface area (TPSA) is 94.0 Å². The third-order valence-electron chi connectivity index (χ3n) is 6.28. The van der Waals surface area contributed by atoms with E-state index in [1.165, 1.54) is 12.8 Å². The van der Waals surface area contributed by atoms with Gasteiger partial charge in [-0.1, -0.05) is 18.0 Å². The second kappa shape index (κ2) is 6.47. The molecular weight excluding hydrogens is 304 g/mol. The van der Waals surface area contributed by atoms with Gasteiger partial charge in [0.15, 0.2) is 5.82 Å². The van der Waals surface area contributed by atoms with Gasteiger partial charge < -0.3 is 15.6 Å². The Kier molecular flexibility index (Phi) is 4.33. The lowest BCUT2D eigenvalue weighted by Crippen LogP contribution is -2.44. The third-order valence-corrected chi connectivity index (χ3v) is 6.28. The van der Waals surface area contributed by atoms with Gasteiger partial charge in [0.05, 0.1) is 5.54 Å². The number of nitrogens with one attached hydrogen (secondary N) is 1. The number of rotatable bonds is 4. The molecule has 0 bridgehead atoms. The molecule has 0 unspecified atom stereocenters. The van der Waals surface area contributed by atoms with Crippen molar-refractivity contribution in [2.75, 3.05) is 0 Å². The highest BCUT2D eigenvalue weighted by Crippen LogP contribution is 2.39. The lowest BCUT2D eigenvalue weighted by atomic mass is 9.77. The normalized spacial score (nSPS) is 30.0. The van der Waals surface area contributed by atoms with E-state index in [1.807, 2.05) is 0 Å². The molecule has 6 heteroatoms. The Labute approximate surface area is 142 Å². The van der Waals surface area contributed by atoms with Gasteiger partial charge in [-0.2, -0.15) is 4.98 Å². The second-order valence-electron chi connectivity index (χ2n) is 8.00. The van der Waals surface area contributed by atoms with E-state index in [0.29, 0.717) is 17.8 Å². The minimum atomic E-state index is -0.353. The van der Waals surface area contributed by atoms with Crippen LogP contribution in [0.4, 0.5) is 0 Å². The lowest BCUT2D eigenvalue weighted by molar-refractivity contribution is -0.125. The van der Waals surface area contributed by atoms with Crippen molar-refractivity contribution in [2.24, 2.45) is 11.7 Å². The first-order valence-corrected chi connectivity index (χ1v) is 9.57. The fourth-order valence-corrected chi connectivity index (χ4v) is 4.38. The molecule has 3 fully saturated rings. The largest absolute Gasteiger partial charge is 0.353 e. The van der Waals surface area contributed by atoms with Crippen LogP contribution in [0.1, 0.15) is 88.3 Å². The molecule has 24 heavy (non-hydrogen) atoms. The first-order chi connectivity index (χ1) is 11.6. The van der Waals surface area contributed by atoms with Crippen molar-refractivity contribution in [3.63, 3.8) is 0 Å². The Morgan fingerprint density at radius 3 is 2.42 bits per heavy atom. The van der Waals surface area contributed by atoms with Gasteiger partial charge >= 0.3 is 0 Å². The molecule has 0 saturated heterocycles. The Hall–Kier alpha value is -1.43. The Morgan fingerprint density at radius 2 is 1.79 bits per heavy atom. The summed E-state index contributed by atoms with van der Waals surface area (Å²) in [6, 6.07) is 0.309. The molecule has 4 rings (SSSR count). The highest BCUT2D eigenvalue weighted by atomic mass is 16.5. The molecule has 0 atom stereocenters. The van der Waals surface area contributed by atoms with E-state index in [2.05, 4.69) is 15.5 Å². The van der Waals surface area contributed by atoms with Crippen LogP contribution in [0.5, 0.6) is 0 Å². The van der Waals surface area contributed by atoms with Gasteiger partial charge in [0, 0.05) is 17.9 Å². The summed E-state index contributed by atoms with van der Waals surface area (Å²) in [6.45, 7) is 0. The minimum Gasteiger partial charge on any atom is -0.353 e. The van der Waals surface area contributed by atoms with Crippen LogP contribution in [0.15, 0.2) is 4.52 Å². The number of hydrogen-bond acceptors (Lipinski definition) is 5. The van der Waals surface area contributed by atoms with Crippen LogP contribution in [0.2, 0.25) is 0 Å². The van der Waals surface area contributed by atoms with Gasteiger partial charge in [-0.05, 0) is 57.8 Å². The predicted octanol–water partition coefficient (Wildman–Crippen LogP) is 2.74. The van der Waals surface area contributed by atoms with Gasteiger partial charge in [-0.25, -0.2) is 0 Å². The van der Waals surface area contributed by atoms with Crippen LogP contribution in [0.3, 0.4) is 0 Å². The molecule has 1 aromatic heterocycles. The first-order valence-electron chi connectivity index (χ1n) is 9.57. The molecule has 3 aliphatic rings. The van der Waals surface area contributed by atoms with E-state index >= 15 is 0 Å². The zero-order valence-electron chi connectivity index (χ0n) is 14.3.